The van der Waals surface area contributed by atoms with Crippen LogP contribution in [0.1, 0.15) is 51.4 Å². The molecule has 4 heterocycles. The molecule has 4 fully saturated rings. The van der Waals surface area contributed by atoms with E-state index in [-0.39, 0.29) is 46.7 Å². The van der Waals surface area contributed by atoms with E-state index in [1.165, 1.54) is 11.4 Å². The first kappa shape index (κ1) is 36.7. The van der Waals surface area contributed by atoms with E-state index in [4.69, 9.17) is 24.8 Å². The molecule has 0 atom stereocenters. The van der Waals surface area contributed by atoms with Crippen LogP contribution >= 0.6 is 0 Å². The second-order valence-corrected chi connectivity index (χ2v) is 7.02. The number of hydrogen-bond acceptors (Lipinski definition) is 14. The Bertz CT molecular complexity index is 552. The number of rotatable bonds is 1. The molecule has 4 rings (SSSR count). The van der Waals surface area contributed by atoms with E-state index in [2.05, 4.69) is 38.7 Å². The fourth-order valence-electron chi connectivity index (χ4n) is 2.89. The number of nitrogens with zero attached hydrogens (tertiary/aromatic N) is 3. The quantitative estimate of drug-likeness (QED) is 0.134. The molecule has 4 saturated heterocycles. The van der Waals surface area contributed by atoms with Crippen molar-refractivity contribution in [3.05, 3.63) is 0 Å². The Morgan fingerprint density at radius 2 is 0.771 bits per heavy atom. The second kappa shape index (κ2) is 29.8. The molecule has 14 nitrogen and oxygen atoms in total. The molecule has 10 N–H and O–H groups in total. The van der Waals surface area contributed by atoms with Crippen LogP contribution in [-0.4, -0.2) is 122 Å². The first-order chi connectivity index (χ1) is 17.3. The third-order valence-corrected chi connectivity index (χ3v) is 4.78. The van der Waals surface area contributed by atoms with Gasteiger partial charge in [0.1, 0.15) is 5.78 Å². The molecular weight excluding hydrogens is 586 g/mol. The number of ketones is 1. The Balaban J connectivity index is 0. The number of nitrogens with two attached hydrogens (primary N) is 5. The summed E-state index contributed by atoms with van der Waals surface area (Å²) in [6, 6.07) is 0. The SMILES string of the molecule is C1CC(=NN=C2CCOCC2)CCO1.NN.NN.NN=C1CCOCC1.O=C1CCOCC1.[O]=[Ba]. The fraction of sp³-hybridized carbons (Fsp3) is 0.800. The first-order valence-electron chi connectivity index (χ1n) is 11.4. The molecule has 4 aliphatic heterocycles. The number of ether oxygens (including phenoxy) is 4. The van der Waals surface area contributed by atoms with E-state index in [0.717, 1.165) is 83.9 Å². The van der Waals surface area contributed by atoms with Crippen LogP contribution in [0.15, 0.2) is 15.3 Å². The van der Waals surface area contributed by atoms with Crippen LogP contribution in [0.4, 0.5) is 0 Å². The molecule has 0 aliphatic carbocycles. The monoisotopic (exact) mass is 628 g/mol. The van der Waals surface area contributed by atoms with Crippen LogP contribution in [0.3, 0.4) is 0 Å². The van der Waals surface area contributed by atoms with Gasteiger partial charge < -0.3 is 24.8 Å². The molecule has 15 heteroatoms. The van der Waals surface area contributed by atoms with Crippen LogP contribution in [-0.2, 0) is 23.8 Å². The molecule has 0 unspecified atom stereocenters. The molecule has 0 aromatic heterocycles. The van der Waals surface area contributed by atoms with Gasteiger partial charge in [0.05, 0.1) is 52.9 Å². The molecule has 0 aromatic carbocycles. The molecule has 0 bridgehead atoms. The maximum atomic E-state index is 10.4. The minimum atomic E-state index is -0.222. The van der Waals surface area contributed by atoms with Crippen molar-refractivity contribution < 1.29 is 23.8 Å². The van der Waals surface area contributed by atoms with E-state index in [0.29, 0.717) is 31.8 Å². The predicted octanol–water partition coefficient (Wildman–Crippen LogP) is -0.980. The molecule has 0 radical (unpaired) electrons. The van der Waals surface area contributed by atoms with Gasteiger partial charge in [-0.1, -0.05) is 0 Å². The Hall–Kier alpha value is -0.469. The number of hydrazone groups is 1. The van der Waals surface area contributed by atoms with E-state index < -0.39 is 0 Å². The van der Waals surface area contributed by atoms with Gasteiger partial charge in [-0.15, -0.1) is 0 Å². The van der Waals surface area contributed by atoms with Gasteiger partial charge in [-0.05, 0) is 0 Å². The Morgan fingerprint density at radius 3 is 0.971 bits per heavy atom. The molecular formula is C20H42BaN8O6. The van der Waals surface area contributed by atoms with Crippen molar-refractivity contribution in [2.45, 2.75) is 51.4 Å². The fourth-order valence-corrected chi connectivity index (χ4v) is 2.89. The predicted molar refractivity (Wildman–Crippen MR) is 135 cm³/mol. The molecule has 0 amide bonds. The summed E-state index contributed by atoms with van der Waals surface area (Å²) in [5.74, 6) is 21.4. The van der Waals surface area contributed by atoms with Crippen molar-refractivity contribution in [2.24, 2.45) is 44.5 Å². The van der Waals surface area contributed by atoms with Crippen LogP contribution in [0.2, 0.25) is 0 Å². The molecule has 0 spiro atoms. The van der Waals surface area contributed by atoms with Crippen molar-refractivity contribution in [2.75, 3.05) is 52.9 Å². The average Bonchev–Trinajstić information content (AvgIpc) is 2.98. The summed E-state index contributed by atoms with van der Waals surface area (Å²) >= 11 is -0.222. The first-order valence-corrected chi connectivity index (χ1v) is 13.2. The van der Waals surface area contributed by atoms with Gasteiger partial charge in [0.25, 0.3) is 0 Å². The van der Waals surface area contributed by atoms with Crippen molar-refractivity contribution >= 4 is 69.6 Å². The van der Waals surface area contributed by atoms with E-state index in [9.17, 15) is 4.79 Å². The summed E-state index contributed by atoms with van der Waals surface area (Å²) in [6.45, 7) is 6.04. The molecule has 4 aliphatic rings. The number of carbonyl (C=O) groups is 1. The third-order valence-electron chi connectivity index (χ3n) is 4.78. The summed E-state index contributed by atoms with van der Waals surface area (Å²) < 4.78 is 28.9. The Morgan fingerprint density at radius 1 is 0.514 bits per heavy atom. The van der Waals surface area contributed by atoms with E-state index in [1.807, 2.05) is 0 Å². The summed E-state index contributed by atoms with van der Waals surface area (Å²) in [4.78, 5) is 10.4. The van der Waals surface area contributed by atoms with Gasteiger partial charge in [-0.25, -0.2) is 0 Å². The second-order valence-electron chi connectivity index (χ2n) is 7.02. The number of carbonyl (C=O) groups excluding carboxylic acids is 1. The van der Waals surface area contributed by atoms with E-state index >= 15 is 0 Å². The maximum absolute atomic E-state index is 10.4. The number of Topliss-reactive ketones (excluding diaryl/α,β-unsaturated/α-hetero) is 1. The summed E-state index contributed by atoms with van der Waals surface area (Å²) in [5, 5.41) is 12.1. The summed E-state index contributed by atoms with van der Waals surface area (Å²) in [6.07, 6.45) is 6.83. The Labute approximate surface area is 240 Å². The summed E-state index contributed by atoms with van der Waals surface area (Å²) in [7, 11) is 0. The van der Waals surface area contributed by atoms with Gasteiger partial charge in [-0.3, -0.25) is 28.2 Å². The van der Waals surface area contributed by atoms with Crippen molar-refractivity contribution in [1.29, 1.82) is 0 Å². The average molecular weight is 628 g/mol. The van der Waals surface area contributed by atoms with Crippen LogP contribution < -0.4 is 29.2 Å². The topological polar surface area (TPSA) is 238 Å². The van der Waals surface area contributed by atoms with Crippen LogP contribution in [0.5, 0.6) is 0 Å². The standard InChI is InChI=1S/C10H16N2O2.C5H10N2O.C5H8O2.Ba.2H4N2.O/c1-5-13-6-2-9(1)11-12-10-3-7-14-8-4-10;6-7-5-1-3-8-4-2-5;6-5-1-3-7-4-2-5;;2*1-2;/h1-8H2;1-4,6H2;1-4H2;;2*1-2H2;. The molecule has 35 heavy (non-hydrogen) atoms. The summed E-state index contributed by atoms with van der Waals surface area (Å²) in [5.41, 5.74) is 3.43. The van der Waals surface area contributed by atoms with Gasteiger partial charge in [0.2, 0.25) is 0 Å². The minimum absolute atomic E-state index is 0.222. The van der Waals surface area contributed by atoms with Crippen molar-refractivity contribution in [3.63, 3.8) is 0 Å². The normalized spacial score (nSPS) is 19.1. The third kappa shape index (κ3) is 22.5. The zero-order valence-corrected chi connectivity index (χ0v) is 25.1. The zero-order chi connectivity index (χ0) is 26.6. The number of hydrogen-bond donors (Lipinski definition) is 5. The van der Waals surface area contributed by atoms with Gasteiger partial charge in [0, 0.05) is 68.5 Å². The van der Waals surface area contributed by atoms with Gasteiger partial charge in [0.15, 0.2) is 0 Å². The van der Waals surface area contributed by atoms with Crippen LogP contribution in [0.25, 0.3) is 0 Å². The van der Waals surface area contributed by atoms with Gasteiger partial charge >= 0.3 is 46.8 Å². The molecule has 0 saturated carbocycles. The van der Waals surface area contributed by atoms with E-state index in [1.54, 1.807) is 0 Å². The van der Waals surface area contributed by atoms with Crippen LogP contribution in [0, 0.1) is 0 Å². The molecule has 200 valence electrons. The van der Waals surface area contributed by atoms with Crippen molar-refractivity contribution in [1.82, 2.24) is 0 Å². The zero-order valence-electron chi connectivity index (χ0n) is 20.7. The van der Waals surface area contributed by atoms with Crippen molar-refractivity contribution in [3.8, 4) is 0 Å². The number of hydrazine groups is 2. The van der Waals surface area contributed by atoms with Gasteiger partial charge in [-0.2, -0.15) is 15.3 Å². The Kier molecular flexibility index (Phi) is 31.2. The molecule has 0 aromatic rings.